The van der Waals surface area contributed by atoms with Crippen LogP contribution in [0.3, 0.4) is 0 Å². The third-order valence-electron chi connectivity index (χ3n) is 4.25. The minimum Gasteiger partial charge on any atom is -0.486 e. The smallest absolute Gasteiger partial charge is 0.162 e. The second-order valence-corrected chi connectivity index (χ2v) is 7.25. The molecule has 0 saturated heterocycles. The molecule has 1 N–H and O–H groups in total. The molecule has 3 rings (SSSR count). The fourth-order valence-corrected chi connectivity index (χ4v) is 3.98. The Morgan fingerprint density at radius 1 is 1.19 bits per heavy atom. The maximum absolute atomic E-state index is 5.62. The monoisotopic (exact) mass is 307 g/mol. The summed E-state index contributed by atoms with van der Waals surface area (Å²) in [4.78, 5) is 1.26. The van der Waals surface area contributed by atoms with Crippen molar-refractivity contribution in [2.24, 2.45) is 5.92 Å². The molecule has 116 valence electrons. The highest BCUT2D eigenvalue weighted by Crippen LogP contribution is 2.34. The molecule has 0 radical (unpaired) electrons. The van der Waals surface area contributed by atoms with E-state index < -0.39 is 0 Å². The van der Waals surface area contributed by atoms with Crippen molar-refractivity contribution in [3.05, 3.63) is 18.2 Å². The predicted molar refractivity (Wildman–Crippen MR) is 87.6 cm³/mol. The van der Waals surface area contributed by atoms with Gasteiger partial charge in [0, 0.05) is 23.2 Å². The first kappa shape index (κ1) is 15.0. The topological polar surface area (TPSA) is 30.5 Å². The van der Waals surface area contributed by atoms with Crippen molar-refractivity contribution in [2.75, 3.05) is 25.5 Å². The molecule has 2 unspecified atom stereocenters. The van der Waals surface area contributed by atoms with Crippen molar-refractivity contribution in [3.63, 3.8) is 0 Å². The van der Waals surface area contributed by atoms with Crippen molar-refractivity contribution < 1.29 is 9.47 Å². The number of fused-ring (bicyclic) bond motifs is 1. The predicted octanol–water partition coefficient (Wildman–Crippen LogP) is 3.72. The number of nitrogens with one attached hydrogen (secondary N) is 1. The lowest BCUT2D eigenvalue weighted by Crippen LogP contribution is -2.34. The third-order valence-corrected chi connectivity index (χ3v) is 5.25. The Morgan fingerprint density at radius 3 is 2.90 bits per heavy atom. The van der Waals surface area contributed by atoms with E-state index >= 15 is 0 Å². The van der Waals surface area contributed by atoms with Crippen LogP contribution in [0.15, 0.2) is 23.1 Å². The van der Waals surface area contributed by atoms with Gasteiger partial charge in [-0.05, 0) is 37.0 Å². The summed E-state index contributed by atoms with van der Waals surface area (Å²) >= 11 is 1.88. The van der Waals surface area contributed by atoms with Crippen LogP contribution in [0.25, 0.3) is 0 Å². The van der Waals surface area contributed by atoms with E-state index in [1.165, 1.54) is 30.6 Å². The lowest BCUT2D eigenvalue weighted by atomic mass is 9.87. The molecule has 0 aromatic heterocycles. The average molecular weight is 307 g/mol. The Labute approximate surface area is 131 Å². The Kier molecular flexibility index (Phi) is 5.31. The fourth-order valence-electron chi connectivity index (χ4n) is 3.16. The van der Waals surface area contributed by atoms with Gasteiger partial charge in [-0.1, -0.05) is 19.8 Å². The molecule has 1 aliphatic carbocycles. The zero-order valence-corrected chi connectivity index (χ0v) is 13.6. The van der Waals surface area contributed by atoms with Crippen molar-refractivity contribution in [2.45, 2.75) is 43.5 Å². The molecule has 1 heterocycles. The van der Waals surface area contributed by atoms with Crippen LogP contribution in [0, 0.1) is 5.92 Å². The summed E-state index contributed by atoms with van der Waals surface area (Å²) in [6.45, 7) is 4.76. The van der Waals surface area contributed by atoms with Gasteiger partial charge in [0.15, 0.2) is 11.5 Å². The first-order chi connectivity index (χ1) is 10.3. The summed E-state index contributed by atoms with van der Waals surface area (Å²) in [6.07, 6.45) is 5.48. The van der Waals surface area contributed by atoms with E-state index in [1.807, 2.05) is 17.8 Å². The van der Waals surface area contributed by atoms with E-state index in [4.69, 9.17) is 9.47 Å². The molecule has 21 heavy (non-hydrogen) atoms. The Bertz CT molecular complexity index is 466. The molecular weight excluding hydrogens is 282 g/mol. The third kappa shape index (κ3) is 4.30. The highest BCUT2D eigenvalue weighted by molar-refractivity contribution is 7.99. The first-order valence-corrected chi connectivity index (χ1v) is 9.05. The second-order valence-electron chi connectivity index (χ2n) is 6.08. The van der Waals surface area contributed by atoms with Crippen LogP contribution in [-0.2, 0) is 0 Å². The quantitative estimate of drug-likeness (QED) is 0.663. The molecule has 3 nitrogen and oxygen atoms in total. The summed E-state index contributed by atoms with van der Waals surface area (Å²) in [5.74, 6) is 3.76. The molecule has 2 atom stereocenters. The average Bonchev–Trinajstić information content (AvgIpc) is 2.51. The largest absolute Gasteiger partial charge is 0.486 e. The molecule has 1 aliphatic heterocycles. The number of hydrogen-bond donors (Lipinski definition) is 1. The van der Waals surface area contributed by atoms with Gasteiger partial charge in [-0.3, -0.25) is 0 Å². The van der Waals surface area contributed by atoms with Gasteiger partial charge in [0.05, 0.1) is 0 Å². The van der Waals surface area contributed by atoms with Gasteiger partial charge in [-0.25, -0.2) is 0 Å². The highest BCUT2D eigenvalue weighted by atomic mass is 32.2. The van der Waals surface area contributed by atoms with E-state index in [0.29, 0.717) is 13.2 Å². The van der Waals surface area contributed by atoms with Crippen LogP contribution in [0.5, 0.6) is 11.5 Å². The maximum atomic E-state index is 5.62. The van der Waals surface area contributed by atoms with Crippen molar-refractivity contribution >= 4 is 11.8 Å². The SMILES string of the molecule is CC1CCCC(NCCSc2ccc3c(c2)OCCO3)C1. The summed E-state index contributed by atoms with van der Waals surface area (Å²) in [6, 6.07) is 6.98. The standard InChI is InChI=1S/C17H25NO2S/c1-13-3-2-4-14(11-13)18-7-10-21-15-5-6-16-17(12-15)20-9-8-19-16/h5-6,12-14,18H,2-4,7-11H2,1H3. The van der Waals surface area contributed by atoms with Crippen LogP contribution in [0.2, 0.25) is 0 Å². The van der Waals surface area contributed by atoms with Crippen LogP contribution in [0.4, 0.5) is 0 Å². The van der Waals surface area contributed by atoms with Gasteiger partial charge in [0.2, 0.25) is 0 Å². The molecule has 0 spiro atoms. The zero-order valence-electron chi connectivity index (χ0n) is 12.8. The molecule has 0 amide bonds. The van der Waals surface area contributed by atoms with Crippen LogP contribution < -0.4 is 14.8 Å². The highest BCUT2D eigenvalue weighted by Gasteiger charge is 2.18. The van der Waals surface area contributed by atoms with Gasteiger partial charge in [-0.2, -0.15) is 0 Å². The molecule has 1 saturated carbocycles. The van der Waals surface area contributed by atoms with Gasteiger partial charge in [0.25, 0.3) is 0 Å². The van der Waals surface area contributed by atoms with Gasteiger partial charge in [-0.15, -0.1) is 11.8 Å². The maximum Gasteiger partial charge on any atom is 0.162 e. The lowest BCUT2D eigenvalue weighted by Gasteiger charge is -2.27. The Balaban J connectivity index is 1.41. The minimum atomic E-state index is 0.655. The molecule has 1 fully saturated rings. The van der Waals surface area contributed by atoms with E-state index in [9.17, 15) is 0 Å². The van der Waals surface area contributed by atoms with E-state index in [-0.39, 0.29) is 0 Å². The van der Waals surface area contributed by atoms with Gasteiger partial charge in [0.1, 0.15) is 13.2 Å². The van der Waals surface area contributed by atoms with Gasteiger partial charge < -0.3 is 14.8 Å². The van der Waals surface area contributed by atoms with E-state index in [2.05, 4.69) is 24.4 Å². The summed E-state index contributed by atoms with van der Waals surface area (Å²) in [7, 11) is 0. The van der Waals surface area contributed by atoms with Crippen LogP contribution in [-0.4, -0.2) is 31.6 Å². The fraction of sp³-hybridized carbons (Fsp3) is 0.647. The molecule has 4 heteroatoms. The Morgan fingerprint density at radius 2 is 2.05 bits per heavy atom. The number of thioether (sulfide) groups is 1. The van der Waals surface area contributed by atoms with E-state index in [1.54, 1.807) is 0 Å². The van der Waals surface area contributed by atoms with Crippen molar-refractivity contribution in [3.8, 4) is 11.5 Å². The number of benzene rings is 1. The number of rotatable bonds is 5. The zero-order chi connectivity index (χ0) is 14.5. The molecule has 1 aromatic carbocycles. The first-order valence-electron chi connectivity index (χ1n) is 8.07. The van der Waals surface area contributed by atoms with Crippen molar-refractivity contribution in [1.82, 2.24) is 5.32 Å². The Hall–Kier alpha value is -0.870. The van der Waals surface area contributed by atoms with Gasteiger partial charge >= 0.3 is 0 Å². The molecule has 2 aliphatic rings. The van der Waals surface area contributed by atoms with Crippen LogP contribution >= 0.6 is 11.8 Å². The summed E-state index contributed by atoms with van der Waals surface area (Å²) < 4.78 is 11.2. The van der Waals surface area contributed by atoms with E-state index in [0.717, 1.165) is 35.8 Å². The molecule has 1 aromatic rings. The summed E-state index contributed by atoms with van der Waals surface area (Å²) in [5, 5.41) is 3.71. The normalized spacial score (nSPS) is 24.8. The number of hydrogen-bond acceptors (Lipinski definition) is 4. The molecule has 0 bridgehead atoms. The summed E-state index contributed by atoms with van der Waals surface area (Å²) in [5.41, 5.74) is 0. The lowest BCUT2D eigenvalue weighted by molar-refractivity contribution is 0.171. The van der Waals surface area contributed by atoms with Crippen molar-refractivity contribution in [1.29, 1.82) is 0 Å². The minimum absolute atomic E-state index is 0.655. The molecular formula is C17H25NO2S. The second kappa shape index (κ2) is 7.41. The number of ether oxygens (including phenoxy) is 2. The van der Waals surface area contributed by atoms with Crippen LogP contribution in [0.1, 0.15) is 32.6 Å².